The van der Waals surface area contributed by atoms with Crippen molar-refractivity contribution in [3.63, 3.8) is 0 Å². The third kappa shape index (κ3) is 3.80. The van der Waals surface area contributed by atoms with Crippen molar-refractivity contribution in [3.05, 3.63) is 35.5 Å². The number of β-amino-alcohol motifs (C(OH)–C–C–N with tert-alkyl or cyclic N) is 1. The van der Waals surface area contributed by atoms with Crippen molar-refractivity contribution in [1.29, 1.82) is 0 Å². The zero-order valence-electron chi connectivity index (χ0n) is 14.2. The Morgan fingerprint density at radius 3 is 2.48 bits per heavy atom. The predicted molar refractivity (Wildman–Crippen MR) is 92.5 cm³/mol. The van der Waals surface area contributed by atoms with Crippen LogP contribution >= 0.6 is 0 Å². The lowest BCUT2D eigenvalue weighted by atomic mass is 10.1. The molecule has 2 amide bonds. The van der Waals surface area contributed by atoms with E-state index in [0.29, 0.717) is 24.5 Å². The standard InChI is InChI=1S/C17H21N3O5/c1-3-19(4-2)14-6-5-11(9-12(14)17(24)25)18-13-10-15(22)20(7-8-21)16(13)23/h5-6,9-10,18,21H,3-4,7-8H2,1-2H3,(H,24,25). The third-order valence-electron chi connectivity index (χ3n) is 3.94. The van der Waals surface area contributed by atoms with Crippen LogP contribution in [0.4, 0.5) is 11.4 Å². The molecule has 25 heavy (non-hydrogen) atoms. The second kappa shape index (κ2) is 7.80. The number of imide groups is 1. The van der Waals surface area contributed by atoms with E-state index in [-0.39, 0.29) is 24.4 Å². The molecule has 1 aliphatic heterocycles. The van der Waals surface area contributed by atoms with Crippen LogP contribution in [0.3, 0.4) is 0 Å². The highest BCUT2D eigenvalue weighted by molar-refractivity contribution is 6.17. The number of anilines is 2. The molecular weight excluding hydrogens is 326 g/mol. The van der Waals surface area contributed by atoms with Crippen molar-refractivity contribution < 1.29 is 24.6 Å². The molecule has 0 bridgehead atoms. The van der Waals surface area contributed by atoms with Gasteiger partial charge in [-0.1, -0.05) is 0 Å². The third-order valence-corrected chi connectivity index (χ3v) is 3.94. The van der Waals surface area contributed by atoms with Gasteiger partial charge in [-0.15, -0.1) is 0 Å². The maximum atomic E-state index is 12.1. The molecule has 0 saturated heterocycles. The minimum atomic E-state index is -1.07. The Hall–Kier alpha value is -2.87. The number of nitrogens with one attached hydrogen (secondary N) is 1. The van der Waals surface area contributed by atoms with Crippen molar-refractivity contribution in [2.45, 2.75) is 13.8 Å². The number of carboxylic acid groups (broad SMARTS) is 1. The smallest absolute Gasteiger partial charge is 0.337 e. The molecule has 1 aromatic carbocycles. The fraction of sp³-hybridized carbons (Fsp3) is 0.353. The summed E-state index contributed by atoms with van der Waals surface area (Å²) in [5.74, 6) is -2.14. The van der Waals surface area contributed by atoms with E-state index in [4.69, 9.17) is 5.11 Å². The van der Waals surface area contributed by atoms with Gasteiger partial charge in [0.05, 0.1) is 24.4 Å². The lowest BCUT2D eigenvalue weighted by Crippen LogP contribution is -2.34. The van der Waals surface area contributed by atoms with E-state index in [1.54, 1.807) is 12.1 Å². The summed E-state index contributed by atoms with van der Waals surface area (Å²) in [5, 5.41) is 21.2. The molecule has 0 aromatic heterocycles. The van der Waals surface area contributed by atoms with E-state index in [0.717, 1.165) is 11.0 Å². The summed E-state index contributed by atoms with van der Waals surface area (Å²) in [5.41, 5.74) is 1.14. The summed E-state index contributed by atoms with van der Waals surface area (Å²) in [6.07, 6.45) is 1.14. The highest BCUT2D eigenvalue weighted by Crippen LogP contribution is 2.26. The highest BCUT2D eigenvalue weighted by atomic mass is 16.4. The van der Waals surface area contributed by atoms with E-state index < -0.39 is 17.8 Å². The number of carbonyl (C=O) groups excluding carboxylic acids is 2. The van der Waals surface area contributed by atoms with Crippen LogP contribution in [0.2, 0.25) is 0 Å². The highest BCUT2D eigenvalue weighted by Gasteiger charge is 2.30. The zero-order valence-corrected chi connectivity index (χ0v) is 14.2. The van der Waals surface area contributed by atoms with Gasteiger partial charge in [0.25, 0.3) is 11.8 Å². The Labute approximate surface area is 145 Å². The fourth-order valence-corrected chi connectivity index (χ4v) is 2.69. The number of hydrogen-bond acceptors (Lipinski definition) is 6. The van der Waals surface area contributed by atoms with E-state index in [2.05, 4.69) is 5.32 Å². The molecule has 8 nitrogen and oxygen atoms in total. The normalized spacial score (nSPS) is 13.9. The van der Waals surface area contributed by atoms with Crippen LogP contribution < -0.4 is 10.2 Å². The number of carbonyl (C=O) groups is 3. The van der Waals surface area contributed by atoms with Crippen molar-refractivity contribution >= 4 is 29.2 Å². The largest absolute Gasteiger partial charge is 0.478 e. The van der Waals surface area contributed by atoms with Gasteiger partial charge in [0.2, 0.25) is 0 Å². The van der Waals surface area contributed by atoms with Crippen molar-refractivity contribution in [2.24, 2.45) is 0 Å². The van der Waals surface area contributed by atoms with Gasteiger partial charge >= 0.3 is 5.97 Å². The van der Waals surface area contributed by atoms with Crippen LogP contribution in [0.15, 0.2) is 30.0 Å². The summed E-state index contributed by atoms with van der Waals surface area (Å²) in [6.45, 7) is 4.80. The molecular formula is C17H21N3O5. The molecule has 8 heteroatoms. The molecule has 2 rings (SSSR count). The van der Waals surface area contributed by atoms with Crippen LogP contribution in [0, 0.1) is 0 Å². The molecule has 0 atom stereocenters. The van der Waals surface area contributed by atoms with Gasteiger partial charge in [0.15, 0.2) is 0 Å². The molecule has 134 valence electrons. The summed E-state index contributed by atoms with van der Waals surface area (Å²) < 4.78 is 0. The molecule has 3 N–H and O–H groups in total. The summed E-state index contributed by atoms with van der Waals surface area (Å²) in [4.78, 5) is 38.3. The number of amides is 2. The van der Waals surface area contributed by atoms with E-state index in [9.17, 15) is 19.5 Å². The summed E-state index contributed by atoms with van der Waals surface area (Å²) >= 11 is 0. The van der Waals surface area contributed by atoms with Crippen LogP contribution in [-0.2, 0) is 9.59 Å². The Morgan fingerprint density at radius 1 is 1.24 bits per heavy atom. The Bertz CT molecular complexity index is 725. The van der Waals surface area contributed by atoms with Crippen LogP contribution in [0.5, 0.6) is 0 Å². The van der Waals surface area contributed by atoms with Crippen molar-refractivity contribution in [1.82, 2.24) is 4.90 Å². The molecule has 1 aromatic rings. The topological polar surface area (TPSA) is 110 Å². The molecule has 0 unspecified atom stereocenters. The van der Waals surface area contributed by atoms with Crippen molar-refractivity contribution in [3.8, 4) is 0 Å². The predicted octanol–water partition coefficient (Wildman–Crippen LogP) is 0.888. The number of rotatable bonds is 8. The maximum absolute atomic E-state index is 12.1. The second-order valence-corrected chi connectivity index (χ2v) is 5.41. The summed E-state index contributed by atoms with van der Waals surface area (Å²) in [7, 11) is 0. The van der Waals surface area contributed by atoms with Gasteiger partial charge in [-0.2, -0.15) is 0 Å². The quantitative estimate of drug-likeness (QED) is 0.599. The lowest BCUT2D eigenvalue weighted by Gasteiger charge is -2.23. The van der Waals surface area contributed by atoms with E-state index >= 15 is 0 Å². The first-order valence-corrected chi connectivity index (χ1v) is 8.00. The average molecular weight is 347 g/mol. The minimum absolute atomic E-state index is 0.0466. The fourth-order valence-electron chi connectivity index (χ4n) is 2.69. The number of hydrogen-bond donors (Lipinski definition) is 3. The number of aliphatic hydroxyl groups excluding tert-OH is 1. The van der Waals surface area contributed by atoms with Crippen molar-refractivity contribution in [2.75, 3.05) is 36.5 Å². The number of aromatic carboxylic acids is 1. The molecule has 0 aliphatic carbocycles. The van der Waals surface area contributed by atoms with Gasteiger partial charge < -0.3 is 20.4 Å². The van der Waals surface area contributed by atoms with Gasteiger partial charge in [-0.3, -0.25) is 14.5 Å². The molecule has 0 saturated carbocycles. The first kappa shape index (κ1) is 18.5. The second-order valence-electron chi connectivity index (χ2n) is 5.41. The monoisotopic (exact) mass is 347 g/mol. The number of benzene rings is 1. The first-order chi connectivity index (χ1) is 11.9. The first-order valence-electron chi connectivity index (χ1n) is 8.00. The molecule has 0 spiro atoms. The molecule has 0 fully saturated rings. The van der Waals surface area contributed by atoms with Crippen LogP contribution in [0.1, 0.15) is 24.2 Å². The van der Waals surface area contributed by atoms with Crippen LogP contribution in [-0.4, -0.2) is 59.1 Å². The van der Waals surface area contributed by atoms with E-state index in [1.165, 1.54) is 6.07 Å². The van der Waals surface area contributed by atoms with Gasteiger partial charge in [-0.25, -0.2) is 4.79 Å². The Morgan fingerprint density at radius 2 is 1.92 bits per heavy atom. The molecule has 1 heterocycles. The number of aliphatic hydroxyl groups is 1. The lowest BCUT2D eigenvalue weighted by molar-refractivity contribution is -0.137. The maximum Gasteiger partial charge on any atom is 0.337 e. The van der Waals surface area contributed by atoms with Crippen LogP contribution in [0.25, 0.3) is 0 Å². The minimum Gasteiger partial charge on any atom is -0.478 e. The number of nitrogens with zero attached hydrogens (tertiary/aromatic N) is 2. The SMILES string of the molecule is CCN(CC)c1ccc(NC2=CC(=O)N(CCO)C2=O)cc1C(=O)O. The average Bonchev–Trinajstić information content (AvgIpc) is 2.84. The summed E-state index contributed by atoms with van der Waals surface area (Å²) in [6, 6.07) is 4.77. The van der Waals surface area contributed by atoms with Gasteiger partial charge in [0.1, 0.15) is 5.70 Å². The van der Waals surface area contributed by atoms with Gasteiger partial charge in [0, 0.05) is 24.9 Å². The Balaban J connectivity index is 2.28. The Kier molecular flexibility index (Phi) is 5.76. The molecule has 1 aliphatic rings. The van der Waals surface area contributed by atoms with Gasteiger partial charge in [-0.05, 0) is 32.0 Å². The van der Waals surface area contributed by atoms with E-state index in [1.807, 2.05) is 18.7 Å². The zero-order chi connectivity index (χ0) is 18.6. The number of carboxylic acids is 1. The molecule has 0 radical (unpaired) electrons.